The Bertz CT molecular complexity index is 951. The molecule has 8 heteroatoms. The van der Waals surface area contributed by atoms with Gasteiger partial charge in [0, 0.05) is 32.1 Å². The zero-order valence-electron chi connectivity index (χ0n) is 17.8. The van der Waals surface area contributed by atoms with Crippen LogP contribution >= 0.6 is 0 Å². The number of hydrogen-bond donors (Lipinski definition) is 2. The zero-order valence-corrected chi connectivity index (χ0v) is 18.6. The van der Waals surface area contributed by atoms with Crippen LogP contribution in [-0.2, 0) is 16.4 Å². The van der Waals surface area contributed by atoms with E-state index in [9.17, 15) is 13.2 Å². The van der Waals surface area contributed by atoms with Crippen molar-refractivity contribution >= 4 is 21.7 Å². The molecule has 1 fully saturated rings. The Morgan fingerprint density at radius 3 is 2.40 bits per heavy atom. The third-order valence-electron chi connectivity index (χ3n) is 5.53. The molecule has 1 aromatic carbocycles. The number of nitrogens with zero attached hydrogens (tertiary/aromatic N) is 2. The lowest BCUT2D eigenvalue weighted by molar-refractivity contribution is 0.237. The van der Waals surface area contributed by atoms with Crippen molar-refractivity contribution in [3.05, 3.63) is 53.7 Å². The van der Waals surface area contributed by atoms with Gasteiger partial charge in [-0.05, 0) is 55.0 Å². The summed E-state index contributed by atoms with van der Waals surface area (Å²) >= 11 is 0. The molecule has 0 spiro atoms. The van der Waals surface area contributed by atoms with Crippen LogP contribution in [0, 0.1) is 5.92 Å². The Labute approximate surface area is 178 Å². The fourth-order valence-corrected chi connectivity index (χ4v) is 4.09. The highest BCUT2D eigenvalue weighted by atomic mass is 32.2. The van der Waals surface area contributed by atoms with Crippen molar-refractivity contribution in [2.45, 2.75) is 44.2 Å². The molecular weight excluding hydrogens is 400 g/mol. The Hall–Kier alpha value is -2.61. The summed E-state index contributed by atoms with van der Waals surface area (Å²) < 4.78 is 23.1. The van der Waals surface area contributed by atoms with Gasteiger partial charge in [-0.3, -0.25) is 0 Å². The molecule has 2 aromatic rings. The van der Waals surface area contributed by atoms with E-state index in [1.165, 1.54) is 19.1 Å². The molecule has 2 amide bonds. The summed E-state index contributed by atoms with van der Waals surface area (Å²) in [6, 6.07) is 10.00. The highest BCUT2D eigenvalue weighted by Crippen LogP contribution is 2.21. The molecule has 2 N–H and O–H groups in total. The molecule has 1 aromatic heterocycles. The van der Waals surface area contributed by atoms with Gasteiger partial charge in [0.1, 0.15) is 5.82 Å². The number of rotatable bonds is 6. The molecule has 1 aliphatic heterocycles. The number of carbonyl (C=O) groups excluding carboxylic acids is 1. The van der Waals surface area contributed by atoms with Crippen molar-refractivity contribution < 1.29 is 13.2 Å². The van der Waals surface area contributed by atoms with Crippen LogP contribution in [0.5, 0.6) is 0 Å². The quantitative estimate of drug-likeness (QED) is 0.734. The monoisotopic (exact) mass is 430 g/mol. The molecule has 0 aliphatic carbocycles. The second-order valence-corrected chi connectivity index (χ2v) is 10.1. The summed E-state index contributed by atoms with van der Waals surface area (Å²) in [7, 11) is -3.23. The standard InChI is InChI=1S/C22H30N4O3S/c1-16-10-12-26(13-11-16)21-9-4-18(14-23-21)15-24-22(27)25-17(2)19-5-7-20(8-6-19)30(3,28)29/h4-9,14,16-17H,10-13,15H2,1-3H3,(H2,24,25,27). The van der Waals surface area contributed by atoms with Crippen molar-refractivity contribution in [1.82, 2.24) is 15.6 Å². The van der Waals surface area contributed by atoms with Crippen LogP contribution in [-0.4, -0.2) is 38.8 Å². The fraction of sp³-hybridized carbons (Fsp3) is 0.455. The van der Waals surface area contributed by atoms with E-state index in [1.54, 1.807) is 30.5 Å². The van der Waals surface area contributed by atoms with E-state index < -0.39 is 9.84 Å². The van der Waals surface area contributed by atoms with Crippen LogP contribution in [0.3, 0.4) is 0 Å². The van der Waals surface area contributed by atoms with Gasteiger partial charge < -0.3 is 15.5 Å². The van der Waals surface area contributed by atoms with E-state index >= 15 is 0 Å². The molecule has 0 bridgehead atoms. The molecule has 3 rings (SSSR count). The number of benzene rings is 1. The lowest BCUT2D eigenvalue weighted by atomic mass is 9.99. The van der Waals surface area contributed by atoms with Gasteiger partial charge in [0.25, 0.3) is 0 Å². The summed E-state index contributed by atoms with van der Waals surface area (Å²) in [5.74, 6) is 1.77. The summed E-state index contributed by atoms with van der Waals surface area (Å²) in [4.78, 5) is 19.3. The molecule has 1 aliphatic rings. The Morgan fingerprint density at radius 2 is 1.83 bits per heavy atom. The lowest BCUT2D eigenvalue weighted by Gasteiger charge is -2.31. The second kappa shape index (κ2) is 9.47. The SMILES string of the molecule is CC1CCN(c2ccc(CNC(=O)NC(C)c3ccc(S(C)(=O)=O)cc3)cn2)CC1. The first-order valence-electron chi connectivity index (χ1n) is 10.3. The summed E-state index contributed by atoms with van der Waals surface area (Å²) in [6.07, 6.45) is 5.37. The minimum Gasteiger partial charge on any atom is -0.357 e. The van der Waals surface area contributed by atoms with E-state index in [2.05, 4.69) is 27.4 Å². The van der Waals surface area contributed by atoms with Crippen LogP contribution in [0.25, 0.3) is 0 Å². The molecule has 2 heterocycles. The van der Waals surface area contributed by atoms with Gasteiger partial charge in [-0.1, -0.05) is 25.1 Å². The first-order chi connectivity index (χ1) is 14.2. The van der Waals surface area contributed by atoms with Crippen LogP contribution in [0.1, 0.15) is 43.9 Å². The average molecular weight is 431 g/mol. The maximum absolute atomic E-state index is 12.2. The van der Waals surface area contributed by atoms with Crippen molar-refractivity contribution in [3.8, 4) is 0 Å². The zero-order chi connectivity index (χ0) is 21.7. The summed E-state index contributed by atoms with van der Waals surface area (Å²) in [5, 5.41) is 5.70. The van der Waals surface area contributed by atoms with Crippen molar-refractivity contribution in [1.29, 1.82) is 0 Å². The number of pyridine rings is 1. The molecular formula is C22H30N4O3S. The lowest BCUT2D eigenvalue weighted by Crippen LogP contribution is -2.36. The number of amides is 2. The third-order valence-corrected chi connectivity index (χ3v) is 6.65. The van der Waals surface area contributed by atoms with E-state index in [-0.39, 0.29) is 17.0 Å². The third kappa shape index (κ3) is 5.95. The van der Waals surface area contributed by atoms with E-state index in [4.69, 9.17) is 0 Å². The fourth-order valence-electron chi connectivity index (χ4n) is 3.46. The van der Waals surface area contributed by atoms with E-state index in [0.717, 1.165) is 36.0 Å². The largest absolute Gasteiger partial charge is 0.357 e. The van der Waals surface area contributed by atoms with Gasteiger partial charge in [-0.25, -0.2) is 18.2 Å². The number of sulfone groups is 1. The Kier molecular flexibility index (Phi) is 6.97. The molecule has 7 nitrogen and oxygen atoms in total. The van der Waals surface area contributed by atoms with Gasteiger partial charge in [-0.15, -0.1) is 0 Å². The molecule has 1 saturated heterocycles. The number of piperidine rings is 1. The number of urea groups is 1. The summed E-state index contributed by atoms with van der Waals surface area (Å²) in [6.45, 7) is 6.60. The highest BCUT2D eigenvalue weighted by molar-refractivity contribution is 7.90. The number of nitrogens with one attached hydrogen (secondary N) is 2. The van der Waals surface area contributed by atoms with Gasteiger partial charge in [0.2, 0.25) is 0 Å². The number of carbonyl (C=O) groups is 1. The molecule has 1 atom stereocenters. The Balaban J connectivity index is 1.48. The molecule has 30 heavy (non-hydrogen) atoms. The first kappa shape index (κ1) is 22.1. The van der Waals surface area contributed by atoms with Crippen molar-refractivity contribution in [3.63, 3.8) is 0 Å². The van der Waals surface area contributed by atoms with Crippen LogP contribution < -0.4 is 15.5 Å². The smallest absolute Gasteiger partial charge is 0.315 e. The molecule has 162 valence electrons. The minimum absolute atomic E-state index is 0.249. The summed E-state index contributed by atoms with van der Waals surface area (Å²) in [5.41, 5.74) is 1.77. The number of hydrogen-bond acceptors (Lipinski definition) is 5. The van der Waals surface area contributed by atoms with Gasteiger partial charge in [0.05, 0.1) is 10.9 Å². The average Bonchev–Trinajstić information content (AvgIpc) is 2.73. The number of anilines is 1. The maximum atomic E-state index is 12.2. The van der Waals surface area contributed by atoms with Crippen molar-refractivity contribution in [2.24, 2.45) is 5.92 Å². The van der Waals surface area contributed by atoms with Gasteiger partial charge in [0.15, 0.2) is 9.84 Å². The van der Waals surface area contributed by atoms with Crippen LogP contribution in [0.15, 0.2) is 47.5 Å². The van der Waals surface area contributed by atoms with Crippen LogP contribution in [0.2, 0.25) is 0 Å². The van der Waals surface area contributed by atoms with Crippen LogP contribution in [0.4, 0.5) is 10.6 Å². The normalized spacial score (nSPS) is 16.2. The minimum atomic E-state index is -3.23. The predicted octanol–water partition coefficient (Wildman–Crippen LogP) is 3.28. The molecule has 0 saturated carbocycles. The van der Waals surface area contributed by atoms with Crippen molar-refractivity contribution in [2.75, 3.05) is 24.2 Å². The predicted molar refractivity (Wildman–Crippen MR) is 118 cm³/mol. The molecule has 1 unspecified atom stereocenters. The van der Waals surface area contributed by atoms with E-state index in [0.29, 0.717) is 6.54 Å². The second-order valence-electron chi connectivity index (χ2n) is 8.08. The van der Waals surface area contributed by atoms with Gasteiger partial charge >= 0.3 is 6.03 Å². The Morgan fingerprint density at radius 1 is 1.17 bits per heavy atom. The highest BCUT2D eigenvalue weighted by Gasteiger charge is 2.17. The molecule has 0 radical (unpaired) electrons. The first-order valence-corrected chi connectivity index (χ1v) is 12.2. The maximum Gasteiger partial charge on any atom is 0.315 e. The topological polar surface area (TPSA) is 91.4 Å². The number of aromatic nitrogens is 1. The van der Waals surface area contributed by atoms with Gasteiger partial charge in [-0.2, -0.15) is 0 Å². The van der Waals surface area contributed by atoms with E-state index in [1.807, 2.05) is 19.1 Å².